The van der Waals surface area contributed by atoms with Crippen molar-refractivity contribution in [1.29, 1.82) is 0 Å². The van der Waals surface area contributed by atoms with Crippen molar-refractivity contribution >= 4 is 39.3 Å². The van der Waals surface area contributed by atoms with E-state index in [9.17, 15) is 4.79 Å². The molecule has 0 bridgehead atoms. The largest absolute Gasteiger partial charge is 0.282 e. The molecule has 0 aliphatic carbocycles. The molecule has 0 unspecified atom stereocenters. The molecule has 0 saturated heterocycles. The minimum Gasteiger partial charge on any atom is -0.282 e. The van der Waals surface area contributed by atoms with Crippen molar-refractivity contribution in [3.63, 3.8) is 0 Å². The number of benzene rings is 4. The molecular formula is C21H15NO. The highest BCUT2D eigenvalue weighted by atomic mass is 16.1. The van der Waals surface area contributed by atoms with Gasteiger partial charge in [0.1, 0.15) is 0 Å². The van der Waals surface area contributed by atoms with Crippen LogP contribution in [-0.2, 0) is 4.79 Å². The Hall–Kier alpha value is -3.13. The van der Waals surface area contributed by atoms with Gasteiger partial charge in [-0.05, 0) is 29.0 Å². The van der Waals surface area contributed by atoms with Crippen molar-refractivity contribution in [2.75, 3.05) is 4.90 Å². The molecule has 0 spiro atoms. The highest BCUT2D eigenvalue weighted by Crippen LogP contribution is 2.38. The molecule has 4 aromatic rings. The zero-order chi connectivity index (χ0) is 15.6. The number of hydrogen-bond acceptors (Lipinski definition) is 1. The summed E-state index contributed by atoms with van der Waals surface area (Å²) in [7, 11) is 0. The van der Waals surface area contributed by atoms with Crippen molar-refractivity contribution < 1.29 is 4.79 Å². The first-order valence-electron chi connectivity index (χ1n) is 7.58. The fraction of sp³-hybridized carbons (Fsp3) is 0. The fourth-order valence-electron chi connectivity index (χ4n) is 3.08. The normalized spacial score (nSPS) is 10.8. The molecule has 0 heterocycles. The number of hydrogen-bond donors (Lipinski definition) is 0. The minimum atomic E-state index is 0.865. The molecule has 0 aliphatic heterocycles. The van der Waals surface area contributed by atoms with E-state index < -0.39 is 0 Å². The maximum atomic E-state index is 11.9. The van der Waals surface area contributed by atoms with E-state index in [-0.39, 0.29) is 0 Å². The first-order chi connectivity index (χ1) is 11.4. The van der Waals surface area contributed by atoms with Crippen LogP contribution in [0.2, 0.25) is 0 Å². The van der Waals surface area contributed by atoms with Gasteiger partial charge >= 0.3 is 0 Å². The molecule has 4 rings (SSSR count). The molecule has 0 aromatic heterocycles. The lowest BCUT2D eigenvalue weighted by atomic mass is 10.00. The first kappa shape index (κ1) is 13.5. The molecule has 2 nitrogen and oxygen atoms in total. The van der Waals surface area contributed by atoms with E-state index >= 15 is 0 Å². The van der Waals surface area contributed by atoms with Crippen LogP contribution in [0.1, 0.15) is 0 Å². The smallest absolute Gasteiger partial charge is 0.218 e. The predicted octanol–water partition coefficient (Wildman–Crippen LogP) is 5.29. The molecule has 0 saturated carbocycles. The molecule has 110 valence electrons. The van der Waals surface area contributed by atoms with Crippen LogP contribution in [0.3, 0.4) is 0 Å². The number of carbonyl (C=O) groups is 1. The number of para-hydroxylation sites is 1. The highest BCUT2D eigenvalue weighted by molar-refractivity contribution is 6.15. The van der Waals surface area contributed by atoms with Crippen LogP contribution in [0.25, 0.3) is 21.5 Å². The van der Waals surface area contributed by atoms with Gasteiger partial charge in [-0.25, -0.2) is 0 Å². The van der Waals surface area contributed by atoms with Gasteiger partial charge in [0.15, 0.2) is 0 Å². The van der Waals surface area contributed by atoms with Crippen molar-refractivity contribution in [3.8, 4) is 0 Å². The minimum absolute atomic E-state index is 0.865. The number of amides is 1. The number of anilines is 2. The number of nitrogens with zero attached hydrogens (tertiary/aromatic N) is 1. The average molecular weight is 297 g/mol. The van der Waals surface area contributed by atoms with Gasteiger partial charge < -0.3 is 0 Å². The van der Waals surface area contributed by atoms with Gasteiger partial charge in [-0.3, -0.25) is 9.69 Å². The van der Waals surface area contributed by atoms with Gasteiger partial charge in [0.05, 0.1) is 5.69 Å². The second kappa shape index (κ2) is 5.58. The second-order valence-electron chi connectivity index (χ2n) is 5.48. The molecule has 2 heteroatoms. The Kier molecular flexibility index (Phi) is 3.28. The van der Waals surface area contributed by atoms with Crippen LogP contribution < -0.4 is 4.90 Å². The second-order valence-corrected chi connectivity index (χ2v) is 5.48. The van der Waals surface area contributed by atoms with Crippen molar-refractivity contribution in [2.45, 2.75) is 0 Å². The van der Waals surface area contributed by atoms with E-state index in [1.807, 2.05) is 54.6 Å². The number of carbonyl (C=O) groups excluding carboxylic acids is 1. The lowest BCUT2D eigenvalue weighted by Crippen LogP contribution is -2.14. The lowest BCUT2D eigenvalue weighted by molar-refractivity contribution is -0.106. The molecule has 0 fully saturated rings. The summed E-state index contributed by atoms with van der Waals surface area (Å²) in [6.07, 6.45) is 0.892. The van der Waals surface area contributed by atoms with E-state index in [1.54, 1.807) is 4.90 Å². The molecule has 0 atom stereocenters. The van der Waals surface area contributed by atoms with E-state index in [2.05, 4.69) is 30.3 Å². The van der Waals surface area contributed by atoms with Crippen LogP contribution in [0.4, 0.5) is 11.4 Å². The maximum Gasteiger partial charge on any atom is 0.218 e. The zero-order valence-corrected chi connectivity index (χ0v) is 12.5. The summed E-state index contributed by atoms with van der Waals surface area (Å²) >= 11 is 0. The topological polar surface area (TPSA) is 20.3 Å². The summed E-state index contributed by atoms with van der Waals surface area (Å²) in [6, 6.07) is 28.3. The van der Waals surface area contributed by atoms with Gasteiger partial charge in [0, 0.05) is 16.5 Å². The Balaban J connectivity index is 2.12. The summed E-state index contributed by atoms with van der Waals surface area (Å²) in [5, 5.41) is 4.40. The summed E-state index contributed by atoms with van der Waals surface area (Å²) in [6.45, 7) is 0. The Labute approximate surface area is 134 Å². The monoisotopic (exact) mass is 297 g/mol. The van der Waals surface area contributed by atoms with Crippen LogP contribution in [0, 0.1) is 0 Å². The lowest BCUT2D eigenvalue weighted by Gasteiger charge is -2.22. The highest BCUT2D eigenvalue weighted by Gasteiger charge is 2.15. The van der Waals surface area contributed by atoms with Gasteiger partial charge in [0.2, 0.25) is 6.41 Å². The Morgan fingerprint density at radius 1 is 0.652 bits per heavy atom. The SMILES string of the molecule is O=CN(c1ccccc1)c1c2ccccc2cc2ccccc12. The Morgan fingerprint density at radius 2 is 1.17 bits per heavy atom. The van der Waals surface area contributed by atoms with E-state index in [0.717, 1.165) is 39.3 Å². The third kappa shape index (κ3) is 2.25. The Morgan fingerprint density at radius 3 is 1.74 bits per heavy atom. The van der Waals surface area contributed by atoms with Gasteiger partial charge in [0.25, 0.3) is 0 Å². The van der Waals surface area contributed by atoms with E-state index in [4.69, 9.17) is 0 Å². The fourth-order valence-corrected chi connectivity index (χ4v) is 3.08. The third-order valence-corrected chi connectivity index (χ3v) is 4.12. The molecule has 0 radical (unpaired) electrons. The van der Waals surface area contributed by atoms with Crippen molar-refractivity contribution in [3.05, 3.63) is 84.9 Å². The van der Waals surface area contributed by atoms with Crippen LogP contribution in [0.15, 0.2) is 84.9 Å². The van der Waals surface area contributed by atoms with Crippen LogP contribution in [-0.4, -0.2) is 6.41 Å². The Bertz CT molecular complexity index is 938. The third-order valence-electron chi connectivity index (χ3n) is 4.12. The molecule has 23 heavy (non-hydrogen) atoms. The quantitative estimate of drug-likeness (QED) is 0.372. The number of rotatable bonds is 3. The number of fused-ring (bicyclic) bond motifs is 2. The zero-order valence-electron chi connectivity index (χ0n) is 12.5. The molecular weight excluding hydrogens is 282 g/mol. The van der Waals surface area contributed by atoms with E-state index in [0.29, 0.717) is 0 Å². The summed E-state index contributed by atoms with van der Waals surface area (Å²) in [5.41, 5.74) is 1.80. The van der Waals surface area contributed by atoms with Gasteiger partial charge in [-0.15, -0.1) is 0 Å². The molecule has 0 N–H and O–H groups in total. The van der Waals surface area contributed by atoms with Crippen molar-refractivity contribution in [2.24, 2.45) is 0 Å². The molecule has 0 aliphatic rings. The first-order valence-corrected chi connectivity index (χ1v) is 7.58. The predicted molar refractivity (Wildman–Crippen MR) is 96.1 cm³/mol. The van der Waals surface area contributed by atoms with Crippen LogP contribution in [0.5, 0.6) is 0 Å². The summed E-state index contributed by atoms with van der Waals surface area (Å²) in [4.78, 5) is 13.6. The maximum absolute atomic E-state index is 11.9. The standard InChI is InChI=1S/C21H15NO/c23-15-22(18-10-2-1-3-11-18)21-19-12-6-4-8-16(19)14-17-9-5-7-13-20(17)21/h1-15H. The van der Waals surface area contributed by atoms with Crippen molar-refractivity contribution in [1.82, 2.24) is 0 Å². The molecule has 4 aromatic carbocycles. The van der Waals surface area contributed by atoms with E-state index in [1.165, 1.54) is 0 Å². The van der Waals surface area contributed by atoms with Gasteiger partial charge in [-0.2, -0.15) is 0 Å². The average Bonchev–Trinajstić information content (AvgIpc) is 2.62. The van der Waals surface area contributed by atoms with Crippen LogP contribution >= 0.6 is 0 Å². The van der Waals surface area contributed by atoms with Gasteiger partial charge in [-0.1, -0.05) is 66.7 Å². The summed E-state index contributed by atoms with van der Waals surface area (Å²) < 4.78 is 0. The summed E-state index contributed by atoms with van der Waals surface area (Å²) in [5.74, 6) is 0. The molecule has 1 amide bonds.